The summed E-state index contributed by atoms with van der Waals surface area (Å²) in [5, 5.41) is 0. The van der Waals surface area contributed by atoms with Gasteiger partial charge in [0.2, 0.25) is 0 Å². The van der Waals surface area contributed by atoms with Crippen molar-refractivity contribution in [2.45, 2.75) is 25.9 Å². The molecule has 0 spiro atoms. The molecule has 0 radical (unpaired) electrons. The molecule has 1 saturated heterocycles. The van der Waals surface area contributed by atoms with Crippen molar-refractivity contribution in [2.24, 2.45) is 11.7 Å². The smallest absolute Gasteiger partial charge is 0.0503 e. The number of hydrogen-bond donors (Lipinski definition) is 1. The SMILES string of the molecule is COCC(C)C(CN)N1CCN(C)CC1C. The van der Waals surface area contributed by atoms with E-state index in [2.05, 4.69) is 30.7 Å². The first-order chi connectivity index (χ1) is 7.60. The van der Waals surface area contributed by atoms with Crippen molar-refractivity contribution in [3.05, 3.63) is 0 Å². The van der Waals surface area contributed by atoms with Crippen LogP contribution >= 0.6 is 0 Å². The first kappa shape index (κ1) is 13.9. The van der Waals surface area contributed by atoms with E-state index in [0.29, 0.717) is 18.0 Å². The highest BCUT2D eigenvalue weighted by Crippen LogP contribution is 2.17. The van der Waals surface area contributed by atoms with Gasteiger partial charge in [-0.25, -0.2) is 0 Å². The third-order valence-electron chi connectivity index (χ3n) is 3.64. The molecule has 4 nitrogen and oxygen atoms in total. The fourth-order valence-electron chi connectivity index (χ4n) is 2.72. The fraction of sp³-hybridized carbons (Fsp3) is 1.00. The van der Waals surface area contributed by atoms with Crippen molar-refractivity contribution < 1.29 is 4.74 Å². The monoisotopic (exact) mass is 229 g/mol. The summed E-state index contributed by atoms with van der Waals surface area (Å²) in [4.78, 5) is 4.93. The zero-order valence-corrected chi connectivity index (χ0v) is 11.1. The summed E-state index contributed by atoms with van der Waals surface area (Å²) in [6.45, 7) is 9.42. The van der Waals surface area contributed by atoms with E-state index in [1.165, 1.54) is 0 Å². The average Bonchev–Trinajstić information content (AvgIpc) is 2.22. The predicted molar refractivity (Wildman–Crippen MR) is 67.5 cm³/mol. The summed E-state index contributed by atoms with van der Waals surface area (Å²) in [7, 11) is 3.95. The number of piperazine rings is 1. The number of rotatable bonds is 5. The van der Waals surface area contributed by atoms with Crippen molar-refractivity contribution >= 4 is 0 Å². The standard InChI is InChI=1S/C12H27N3O/c1-10(9-16-4)12(7-13)15-6-5-14(3)8-11(15)2/h10-12H,5-9,13H2,1-4H3. The van der Waals surface area contributed by atoms with Crippen LogP contribution in [0.4, 0.5) is 0 Å². The quantitative estimate of drug-likeness (QED) is 0.733. The molecule has 1 heterocycles. The topological polar surface area (TPSA) is 41.7 Å². The Morgan fingerprint density at radius 3 is 2.62 bits per heavy atom. The molecule has 0 amide bonds. The number of methoxy groups -OCH3 is 1. The molecule has 1 fully saturated rings. The lowest BCUT2D eigenvalue weighted by molar-refractivity contribution is 0.0222. The van der Waals surface area contributed by atoms with Crippen LogP contribution in [0.25, 0.3) is 0 Å². The minimum Gasteiger partial charge on any atom is -0.384 e. The van der Waals surface area contributed by atoms with Crippen LogP contribution < -0.4 is 5.73 Å². The first-order valence-electron chi connectivity index (χ1n) is 6.23. The van der Waals surface area contributed by atoms with E-state index < -0.39 is 0 Å². The molecule has 0 saturated carbocycles. The Balaban J connectivity index is 2.57. The van der Waals surface area contributed by atoms with Crippen LogP contribution in [0, 0.1) is 5.92 Å². The molecule has 1 rings (SSSR count). The number of nitrogens with two attached hydrogens (primary N) is 1. The lowest BCUT2D eigenvalue weighted by Gasteiger charge is -2.44. The molecular weight excluding hydrogens is 202 g/mol. The number of hydrogen-bond acceptors (Lipinski definition) is 4. The van der Waals surface area contributed by atoms with E-state index in [1.807, 2.05) is 0 Å². The van der Waals surface area contributed by atoms with Gasteiger partial charge in [-0.3, -0.25) is 4.90 Å². The lowest BCUT2D eigenvalue weighted by Crippen LogP contribution is -2.58. The van der Waals surface area contributed by atoms with E-state index in [9.17, 15) is 0 Å². The molecule has 2 N–H and O–H groups in total. The normalized spacial score (nSPS) is 27.9. The van der Waals surface area contributed by atoms with E-state index in [0.717, 1.165) is 32.8 Å². The molecular formula is C12H27N3O. The number of nitrogens with zero attached hydrogens (tertiary/aromatic N) is 2. The Bertz CT molecular complexity index is 197. The molecule has 0 aromatic carbocycles. The van der Waals surface area contributed by atoms with Gasteiger partial charge in [0.15, 0.2) is 0 Å². The van der Waals surface area contributed by atoms with Crippen LogP contribution in [0.1, 0.15) is 13.8 Å². The molecule has 0 bridgehead atoms. The third kappa shape index (κ3) is 3.42. The first-order valence-corrected chi connectivity index (χ1v) is 6.23. The van der Waals surface area contributed by atoms with Crippen LogP contribution in [0.5, 0.6) is 0 Å². The Hall–Kier alpha value is -0.160. The van der Waals surface area contributed by atoms with Crippen molar-refractivity contribution in [1.29, 1.82) is 0 Å². The van der Waals surface area contributed by atoms with Gasteiger partial charge in [0, 0.05) is 45.4 Å². The molecule has 96 valence electrons. The summed E-state index contributed by atoms with van der Waals surface area (Å²) in [6.07, 6.45) is 0. The van der Waals surface area contributed by atoms with Crippen LogP contribution in [0.15, 0.2) is 0 Å². The molecule has 3 atom stereocenters. The Labute approximate surface area is 99.7 Å². The second-order valence-electron chi connectivity index (χ2n) is 5.08. The molecule has 4 heteroatoms. The highest BCUT2D eigenvalue weighted by atomic mass is 16.5. The Morgan fingerprint density at radius 1 is 1.44 bits per heavy atom. The highest BCUT2D eigenvalue weighted by Gasteiger charge is 2.30. The number of ether oxygens (including phenoxy) is 1. The van der Waals surface area contributed by atoms with Crippen LogP contribution in [0.3, 0.4) is 0 Å². The second kappa shape index (κ2) is 6.55. The van der Waals surface area contributed by atoms with Crippen molar-refractivity contribution in [2.75, 3.05) is 46.9 Å². The molecule has 3 unspecified atom stereocenters. The fourth-order valence-corrected chi connectivity index (χ4v) is 2.72. The van der Waals surface area contributed by atoms with Gasteiger partial charge >= 0.3 is 0 Å². The van der Waals surface area contributed by atoms with Crippen molar-refractivity contribution in [3.8, 4) is 0 Å². The van der Waals surface area contributed by atoms with Gasteiger partial charge < -0.3 is 15.4 Å². The van der Waals surface area contributed by atoms with E-state index in [-0.39, 0.29) is 0 Å². The van der Waals surface area contributed by atoms with E-state index in [1.54, 1.807) is 7.11 Å². The van der Waals surface area contributed by atoms with Gasteiger partial charge in [0.1, 0.15) is 0 Å². The summed E-state index contributed by atoms with van der Waals surface area (Å²) in [6, 6.07) is 1.04. The second-order valence-corrected chi connectivity index (χ2v) is 5.08. The van der Waals surface area contributed by atoms with Gasteiger partial charge in [-0.05, 0) is 19.9 Å². The summed E-state index contributed by atoms with van der Waals surface area (Å²) in [5.74, 6) is 0.501. The maximum atomic E-state index is 5.92. The molecule has 0 aliphatic carbocycles. The van der Waals surface area contributed by atoms with Crippen molar-refractivity contribution in [1.82, 2.24) is 9.80 Å². The summed E-state index contributed by atoms with van der Waals surface area (Å²) >= 11 is 0. The number of likely N-dealkylation sites (N-methyl/N-ethyl adjacent to an activating group) is 1. The van der Waals surface area contributed by atoms with E-state index >= 15 is 0 Å². The minimum absolute atomic E-state index is 0.448. The van der Waals surface area contributed by atoms with E-state index in [4.69, 9.17) is 10.5 Å². The third-order valence-corrected chi connectivity index (χ3v) is 3.64. The average molecular weight is 229 g/mol. The molecule has 1 aliphatic rings. The molecule has 0 aromatic rings. The van der Waals surface area contributed by atoms with Gasteiger partial charge in [0.05, 0.1) is 6.61 Å². The van der Waals surface area contributed by atoms with Crippen molar-refractivity contribution in [3.63, 3.8) is 0 Å². The Morgan fingerprint density at radius 2 is 2.12 bits per heavy atom. The Kier molecular flexibility index (Phi) is 5.69. The molecule has 1 aliphatic heterocycles. The van der Waals surface area contributed by atoms with Gasteiger partial charge in [-0.15, -0.1) is 0 Å². The molecule has 16 heavy (non-hydrogen) atoms. The molecule has 0 aromatic heterocycles. The van der Waals surface area contributed by atoms with Gasteiger partial charge in [0.25, 0.3) is 0 Å². The maximum absolute atomic E-state index is 5.92. The summed E-state index contributed by atoms with van der Waals surface area (Å²) in [5.41, 5.74) is 5.92. The zero-order chi connectivity index (χ0) is 12.1. The lowest BCUT2D eigenvalue weighted by atomic mass is 9.98. The minimum atomic E-state index is 0.448. The largest absolute Gasteiger partial charge is 0.384 e. The van der Waals surface area contributed by atoms with Crippen LogP contribution in [0.2, 0.25) is 0 Å². The van der Waals surface area contributed by atoms with Gasteiger partial charge in [-0.2, -0.15) is 0 Å². The predicted octanol–water partition coefficient (Wildman–Crippen LogP) is 0.232. The zero-order valence-electron chi connectivity index (χ0n) is 11.1. The van der Waals surface area contributed by atoms with Crippen LogP contribution in [-0.4, -0.2) is 68.8 Å². The van der Waals surface area contributed by atoms with Gasteiger partial charge in [-0.1, -0.05) is 6.92 Å². The summed E-state index contributed by atoms with van der Waals surface area (Å²) < 4.78 is 5.24. The maximum Gasteiger partial charge on any atom is 0.0503 e. The highest BCUT2D eigenvalue weighted by molar-refractivity contribution is 4.86. The van der Waals surface area contributed by atoms with Crippen LogP contribution in [-0.2, 0) is 4.74 Å².